The molecule has 110 valence electrons. The van der Waals surface area contributed by atoms with E-state index in [4.69, 9.17) is 13.9 Å². The van der Waals surface area contributed by atoms with E-state index < -0.39 is 11.1 Å². The Morgan fingerprint density at radius 2 is 1.77 bits per heavy atom. The summed E-state index contributed by atoms with van der Waals surface area (Å²) in [6.45, 7) is 0. The average molecular weight is 299 g/mol. The van der Waals surface area contributed by atoms with Crippen LogP contribution in [-0.4, -0.2) is 11.1 Å². The van der Waals surface area contributed by atoms with Gasteiger partial charge in [0, 0.05) is 23.6 Å². The van der Waals surface area contributed by atoms with Gasteiger partial charge in [-0.05, 0) is 18.2 Å². The summed E-state index contributed by atoms with van der Waals surface area (Å²) < 4.78 is 15.1. The van der Waals surface area contributed by atoms with Crippen molar-refractivity contribution in [3.63, 3.8) is 0 Å². The summed E-state index contributed by atoms with van der Waals surface area (Å²) in [6.07, 6.45) is -0.993. The van der Waals surface area contributed by atoms with Crippen molar-refractivity contribution in [3.05, 3.63) is 64.7 Å². The van der Waals surface area contributed by atoms with Gasteiger partial charge >= 0.3 is 6.16 Å². The van der Waals surface area contributed by atoms with Crippen LogP contribution in [0.25, 0.3) is 11.0 Å². The van der Waals surface area contributed by atoms with Gasteiger partial charge in [-0.15, -0.1) is 0 Å². The Hall–Kier alpha value is -3.35. The summed E-state index contributed by atoms with van der Waals surface area (Å²) in [5.74, 6) is 0.139. The first-order chi connectivity index (χ1) is 10.6. The molecule has 0 bridgehead atoms. The number of hydrogen-bond acceptors (Lipinski definition) is 6. The molecule has 0 aliphatic rings. The number of ether oxygens (including phenoxy) is 2. The number of nitrogens with zero attached hydrogens (tertiary/aromatic N) is 1. The van der Waals surface area contributed by atoms with E-state index in [-0.39, 0.29) is 17.4 Å². The molecule has 0 aliphatic heterocycles. The molecule has 2 aromatic carbocycles. The van der Waals surface area contributed by atoms with E-state index in [0.29, 0.717) is 5.58 Å². The fourth-order valence-corrected chi connectivity index (χ4v) is 1.84. The molecule has 0 fully saturated rings. The second kappa shape index (κ2) is 5.57. The van der Waals surface area contributed by atoms with E-state index in [1.807, 2.05) is 12.1 Å². The fourth-order valence-electron chi connectivity index (χ4n) is 1.84. The summed E-state index contributed by atoms with van der Waals surface area (Å²) in [6, 6.07) is 13.8. The molecule has 0 unspecified atom stereocenters. The predicted molar refractivity (Wildman–Crippen MR) is 76.0 cm³/mol. The highest BCUT2D eigenvalue weighted by molar-refractivity contribution is 5.79. The number of benzene rings is 2. The lowest BCUT2D eigenvalue weighted by Gasteiger charge is -2.02. The Labute approximate surface area is 123 Å². The van der Waals surface area contributed by atoms with Gasteiger partial charge in [0.2, 0.25) is 0 Å². The molecular weight excluding hydrogens is 290 g/mol. The number of furan rings is 1. The van der Waals surface area contributed by atoms with E-state index in [1.165, 1.54) is 24.3 Å². The summed E-state index contributed by atoms with van der Waals surface area (Å²) in [7, 11) is 0. The molecule has 0 N–H and O–H groups in total. The molecule has 0 aliphatic carbocycles. The lowest BCUT2D eigenvalue weighted by atomic mass is 10.3. The van der Waals surface area contributed by atoms with Crippen molar-refractivity contribution >= 4 is 22.8 Å². The molecular formula is C15H9NO6. The zero-order valence-corrected chi connectivity index (χ0v) is 11.1. The number of nitro benzene ring substituents is 1. The maximum absolute atomic E-state index is 11.6. The van der Waals surface area contributed by atoms with Gasteiger partial charge in [0.15, 0.2) is 0 Å². The third kappa shape index (κ3) is 2.88. The Kier molecular flexibility index (Phi) is 3.45. The molecule has 0 atom stereocenters. The molecule has 0 saturated heterocycles. The van der Waals surface area contributed by atoms with E-state index in [0.717, 1.165) is 5.39 Å². The van der Waals surface area contributed by atoms with Gasteiger partial charge < -0.3 is 13.9 Å². The zero-order valence-electron chi connectivity index (χ0n) is 11.1. The Bertz CT molecular complexity index is 804. The SMILES string of the molecule is O=C(Oc1ccc([N+](=O)[O-])cc1)Oc1cc2ccccc2o1. The van der Waals surface area contributed by atoms with Crippen LogP contribution in [0.5, 0.6) is 11.7 Å². The molecule has 0 radical (unpaired) electrons. The average Bonchev–Trinajstić information content (AvgIpc) is 2.89. The summed E-state index contributed by atoms with van der Waals surface area (Å²) >= 11 is 0. The van der Waals surface area contributed by atoms with Crippen LogP contribution in [0.2, 0.25) is 0 Å². The van der Waals surface area contributed by atoms with Crippen molar-refractivity contribution in [3.8, 4) is 11.7 Å². The zero-order chi connectivity index (χ0) is 15.5. The topological polar surface area (TPSA) is 91.8 Å². The lowest BCUT2D eigenvalue weighted by Crippen LogP contribution is -2.13. The molecule has 7 heteroatoms. The van der Waals surface area contributed by atoms with Crippen molar-refractivity contribution in [2.75, 3.05) is 0 Å². The van der Waals surface area contributed by atoms with E-state index in [2.05, 4.69) is 0 Å². The second-order valence-electron chi connectivity index (χ2n) is 4.31. The van der Waals surface area contributed by atoms with E-state index in [1.54, 1.807) is 18.2 Å². The first-order valence-corrected chi connectivity index (χ1v) is 6.24. The smallest absolute Gasteiger partial charge is 0.425 e. The minimum atomic E-state index is -0.993. The van der Waals surface area contributed by atoms with Crippen LogP contribution in [0.15, 0.2) is 59.0 Å². The maximum Gasteiger partial charge on any atom is 0.521 e. The quantitative estimate of drug-likeness (QED) is 0.315. The lowest BCUT2D eigenvalue weighted by molar-refractivity contribution is -0.384. The maximum atomic E-state index is 11.6. The van der Waals surface area contributed by atoms with Crippen molar-refractivity contribution < 1.29 is 23.6 Å². The number of hydrogen-bond donors (Lipinski definition) is 0. The number of rotatable bonds is 3. The van der Waals surface area contributed by atoms with Gasteiger partial charge in [-0.2, -0.15) is 0 Å². The number of non-ortho nitro benzene ring substituents is 1. The number of carbonyl (C=O) groups excluding carboxylic acids is 1. The third-order valence-corrected chi connectivity index (χ3v) is 2.84. The highest BCUT2D eigenvalue weighted by atomic mass is 16.8. The highest BCUT2D eigenvalue weighted by Gasteiger charge is 2.13. The molecule has 22 heavy (non-hydrogen) atoms. The van der Waals surface area contributed by atoms with Crippen LogP contribution in [0.1, 0.15) is 0 Å². The first-order valence-electron chi connectivity index (χ1n) is 6.24. The van der Waals surface area contributed by atoms with Gasteiger partial charge in [0.25, 0.3) is 11.6 Å². The van der Waals surface area contributed by atoms with Crippen LogP contribution in [-0.2, 0) is 0 Å². The Balaban J connectivity index is 1.68. The summed E-state index contributed by atoms with van der Waals surface area (Å²) in [5.41, 5.74) is 0.485. The summed E-state index contributed by atoms with van der Waals surface area (Å²) in [5, 5.41) is 11.3. The number of para-hydroxylation sites is 1. The number of carbonyl (C=O) groups is 1. The van der Waals surface area contributed by atoms with Gasteiger partial charge in [0.1, 0.15) is 11.3 Å². The standard InChI is InChI=1S/C15H9NO6/c17-15(20-12-7-5-11(6-8-12)16(18)19)22-14-9-10-3-1-2-4-13(10)21-14/h1-9H. The number of nitro groups is 1. The van der Waals surface area contributed by atoms with Crippen LogP contribution < -0.4 is 9.47 Å². The largest absolute Gasteiger partial charge is 0.521 e. The second-order valence-corrected chi connectivity index (χ2v) is 4.31. The van der Waals surface area contributed by atoms with Gasteiger partial charge in [0.05, 0.1) is 4.92 Å². The van der Waals surface area contributed by atoms with Crippen molar-refractivity contribution in [1.29, 1.82) is 0 Å². The van der Waals surface area contributed by atoms with Crippen LogP contribution >= 0.6 is 0 Å². The predicted octanol–water partition coefficient (Wildman–Crippen LogP) is 3.92. The molecule has 0 spiro atoms. The van der Waals surface area contributed by atoms with Crippen LogP contribution in [0.3, 0.4) is 0 Å². The van der Waals surface area contributed by atoms with E-state index in [9.17, 15) is 14.9 Å². The molecule has 3 rings (SSSR count). The Morgan fingerprint density at radius 1 is 1.05 bits per heavy atom. The summed E-state index contributed by atoms with van der Waals surface area (Å²) in [4.78, 5) is 21.6. The van der Waals surface area contributed by atoms with Crippen molar-refractivity contribution in [2.45, 2.75) is 0 Å². The monoisotopic (exact) mass is 299 g/mol. The van der Waals surface area contributed by atoms with Crippen LogP contribution in [0.4, 0.5) is 10.5 Å². The van der Waals surface area contributed by atoms with E-state index >= 15 is 0 Å². The third-order valence-electron chi connectivity index (χ3n) is 2.84. The van der Waals surface area contributed by atoms with Gasteiger partial charge in [-0.25, -0.2) is 4.79 Å². The van der Waals surface area contributed by atoms with Gasteiger partial charge in [-0.1, -0.05) is 18.2 Å². The minimum absolute atomic E-state index is 0.00751. The molecule has 0 saturated carbocycles. The first kappa shape index (κ1) is 13.6. The minimum Gasteiger partial charge on any atom is -0.425 e. The molecule has 1 aromatic heterocycles. The molecule has 7 nitrogen and oxygen atoms in total. The van der Waals surface area contributed by atoms with Gasteiger partial charge in [-0.3, -0.25) is 10.1 Å². The Morgan fingerprint density at radius 3 is 2.45 bits per heavy atom. The molecule has 0 amide bonds. The van der Waals surface area contributed by atoms with Crippen LogP contribution in [0, 0.1) is 10.1 Å². The normalized spacial score (nSPS) is 10.4. The number of fused-ring (bicyclic) bond motifs is 1. The molecule has 3 aromatic rings. The fraction of sp³-hybridized carbons (Fsp3) is 0. The molecule has 1 heterocycles. The van der Waals surface area contributed by atoms with Crippen molar-refractivity contribution in [1.82, 2.24) is 0 Å². The van der Waals surface area contributed by atoms with Crippen molar-refractivity contribution in [2.24, 2.45) is 0 Å². The highest BCUT2D eigenvalue weighted by Crippen LogP contribution is 2.25.